The molecule has 4 aromatic heterocycles. The van der Waals surface area contributed by atoms with E-state index in [1.165, 1.54) is 39.8 Å². The van der Waals surface area contributed by atoms with Crippen molar-refractivity contribution < 1.29 is 156 Å². The van der Waals surface area contributed by atoms with Gasteiger partial charge in [-0.3, -0.25) is 33.9 Å². The zero-order chi connectivity index (χ0) is 47.6. The molecule has 0 saturated carbocycles. The molecule has 0 amide bonds. The van der Waals surface area contributed by atoms with E-state index in [2.05, 4.69) is 49.4 Å². The van der Waals surface area contributed by atoms with Crippen LogP contribution in [0.3, 0.4) is 0 Å². The van der Waals surface area contributed by atoms with Gasteiger partial charge in [-0.1, -0.05) is 52.7 Å². The summed E-state index contributed by atoms with van der Waals surface area (Å²) in [4.78, 5) is 72.8. The molecule has 6 aromatic rings. The fourth-order valence-electron chi connectivity index (χ4n) is 5.36. The molecule has 0 unspecified atom stereocenters. The molecule has 0 aliphatic carbocycles. The standard InChI is InChI=1S/C21H19ClF2N2O3.C19H15ClF2N2O3.C2H5I.CH2O3.2K.H/c1-5-26-14-8-9-25-10-11(14)18(29-20(28)21(2,3)4)16(19(26)27)15-12(23)6-7-13(24)17(15)22;1-19(2,3)18(26)27-16-9-8-23-7-6-12(9)24-17(25)14(16)13-10(21)4-5-11(22)15(13)20;1-2-3;2-1-4-3;;;/h6-10H,5H2,1-4H3;4-8H,1-3H3,(H,24,25);2H2,1H3;1,3H;;;/q;;;;2*+1;-1/p-1. The van der Waals surface area contributed by atoms with Crippen molar-refractivity contribution in [1.82, 2.24) is 19.5 Å². The quantitative estimate of drug-likeness (QED) is 0.0297. The number of aryl methyl sites for hydroxylation is 1. The average Bonchev–Trinajstić information content (AvgIpc) is 3.22. The summed E-state index contributed by atoms with van der Waals surface area (Å²) in [6, 6.07) is 6.51. The number of pyridine rings is 4. The first-order chi connectivity index (χ1) is 29.5. The van der Waals surface area contributed by atoms with Crippen LogP contribution in [-0.4, -0.2) is 42.4 Å². The van der Waals surface area contributed by atoms with E-state index in [4.69, 9.17) is 42.7 Å². The molecule has 6 rings (SSSR count). The van der Waals surface area contributed by atoms with Gasteiger partial charge in [-0.05, 0) is 89.3 Å². The Hall–Kier alpha value is -2.17. The molecule has 0 bridgehead atoms. The maximum absolute atomic E-state index is 14.7. The van der Waals surface area contributed by atoms with Gasteiger partial charge >= 0.3 is 115 Å². The first-order valence-electron chi connectivity index (χ1n) is 18.5. The minimum absolute atomic E-state index is 0. The molecule has 4 heterocycles. The molecule has 0 aliphatic heterocycles. The van der Waals surface area contributed by atoms with E-state index in [9.17, 15) is 36.7 Å². The van der Waals surface area contributed by atoms with Crippen molar-refractivity contribution in [1.29, 1.82) is 0 Å². The van der Waals surface area contributed by atoms with Gasteiger partial charge in [0.05, 0.1) is 53.8 Å². The third-order valence-electron chi connectivity index (χ3n) is 8.35. The maximum atomic E-state index is 14.7. The van der Waals surface area contributed by atoms with E-state index in [1.54, 1.807) is 54.5 Å². The van der Waals surface area contributed by atoms with E-state index in [0.717, 1.165) is 24.3 Å². The zero-order valence-electron chi connectivity index (χ0n) is 37.9. The number of aromatic amines is 1. The van der Waals surface area contributed by atoms with Crippen LogP contribution in [0.2, 0.25) is 10.0 Å². The van der Waals surface area contributed by atoms with Gasteiger partial charge in [-0.2, -0.15) is 0 Å². The summed E-state index contributed by atoms with van der Waals surface area (Å²) in [6.07, 6.45) is 5.67. The van der Waals surface area contributed by atoms with Crippen LogP contribution in [-0.2, 0) is 25.8 Å². The van der Waals surface area contributed by atoms with E-state index >= 15 is 0 Å². The number of halogens is 7. The Morgan fingerprint density at radius 2 is 1.15 bits per heavy atom. The van der Waals surface area contributed by atoms with Crippen LogP contribution in [0.5, 0.6) is 11.5 Å². The molecule has 338 valence electrons. The summed E-state index contributed by atoms with van der Waals surface area (Å²) in [6.45, 7) is 13.7. The van der Waals surface area contributed by atoms with E-state index in [0.29, 0.717) is 16.4 Å². The summed E-state index contributed by atoms with van der Waals surface area (Å²) >= 11 is 14.2. The number of ether oxygens (including phenoxy) is 2. The van der Waals surface area contributed by atoms with Crippen molar-refractivity contribution >= 4 is 86.0 Å². The predicted molar refractivity (Wildman–Crippen MR) is 238 cm³/mol. The maximum Gasteiger partial charge on any atom is 1.00 e. The molecule has 0 radical (unpaired) electrons. The second-order valence-electron chi connectivity index (χ2n) is 14.9. The number of esters is 2. The average molecular weight is 1110 g/mol. The van der Waals surface area contributed by atoms with Gasteiger partial charge in [-0.25, -0.2) is 17.6 Å². The largest absolute Gasteiger partial charge is 1.00 e. The van der Waals surface area contributed by atoms with E-state index in [-0.39, 0.29) is 145 Å². The number of alkyl halides is 1. The zero-order valence-corrected chi connectivity index (χ0v) is 46.8. The smallest absolute Gasteiger partial charge is 1.00 e. The van der Waals surface area contributed by atoms with Crippen molar-refractivity contribution in [2.75, 3.05) is 4.43 Å². The summed E-state index contributed by atoms with van der Waals surface area (Å²) in [5.74, 6) is -5.38. The van der Waals surface area contributed by atoms with Gasteiger partial charge in [0.15, 0.2) is 11.5 Å². The molecule has 1 N–H and O–H groups in total. The first kappa shape index (κ1) is 60.8. The number of carbonyl (C=O) groups is 3. The summed E-state index contributed by atoms with van der Waals surface area (Å²) in [5.41, 5.74) is -4.13. The van der Waals surface area contributed by atoms with Gasteiger partial charge in [0.2, 0.25) is 0 Å². The third-order valence-corrected chi connectivity index (χ3v) is 9.08. The van der Waals surface area contributed by atoms with Crippen molar-refractivity contribution in [2.24, 2.45) is 10.8 Å². The summed E-state index contributed by atoms with van der Waals surface area (Å²) in [5, 5.41) is 7.84. The number of fused-ring (bicyclic) bond motifs is 2. The number of nitrogens with one attached hydrogen (secondary N) is 1. The fraction of sp³-hybridized carbons (Fsp3) is 0.279. The van der Waals surface area contributed by atoms with Crippen molar-refractivity contribution in [3.8, 4) is 33.8 Å². The number of H-pyrrole nitrogens is 1. The van der Waals surface area contributed by atoms with Crippen LogP contribution >= 0.6 is 45.8 Å². The van der Waals surface area contributed by atoms with Crippen LogP contribution < -0.4 is 129 Å². The molecule has 0 saturated heterocycles. The molecule has 22 heteroatoms. The van der Waals surface area contributed by atoms with Crippen LogP contribution in [0.4, 0.5) is 17.6 Å². The molecule has 0 aliphatic rings. The Bertz CT molecular complexity index is 2790. The molecule has 13 nitrogen and oxygen atoms in total. The summed E-state index contributed by atoms with van der Waals surface area (Å²) < 4.78 is 70.9. The monoisotopic (exact) mass is 1110 g/mol. The number of hydrogen-bond acceptors (Lipinski definition) is 11. The predicted octanol–water partition coefficient (Wildman–Crippen LogP) is 3.44. The molecule has 0 spiro atoms. The Morgan fingerprint density at radius 1 is 0.754 bits per heavy atom. The SMILES string of the molecule is CC(C)(C)C(=O)Oc1c(-c2c(F)ccc(F)c2Cl)c(=O)[nH]c2ccncc12.CCI.CCn1c(=O)c(-c2c(F)ccc(F)c2Cl)c(OC(=O)C(C)(C)C)c2cnccc21.O=CO[O-].[H-].[K+].[K+]. The Balaban J connectivity index is 0.00000108. The number of aromatic nitrogens is 4. The first-order valence-corrected chi connectivity index (χ1v) is 20.8. The number of carbonyl (C=O) groups excluding carboxylic acids is 3. The van der Waals surface area contributed by atoms with Gasteiger partial charge in [0.25, 0.3) is 17.6 Å². The van der Waals surface area contributed by atoms with Gasteiger partial charge in [0.1, 0.15) is 23.3 Å². The van der Waals surface area contributed by atoms with Gasteiger partial charge in [0, 0.05) is 42.5 Å². The van der Waals surface area contributed by atoms with E-state index < -0.39 is 78.3 Å². The second kappa shape index (κ2) is 27.1. The van der Waals surface area contributed by atoms with Gasteiger partial charge < -0.3 is 30.6 Å². The second-order valence-corrected chi connectivity index (χ2v) is 17.2. The molecular formula is C43H41Cl2F4IK2N4O9. The molecule has 65 heavy (non-hydrogen) atoms. The number of hydrogen-bond donors (Lipinski definition) is 1. The molecular weight excluding hydrogens is 1070 g/mol. The van der Waals surface area contributed by atoms with Crippen molar-refractivity contribution in [3.05, 3.63) is 115 Å². The third kappa shape index (κ3) is 15.2. The Morgan fingerprint density at radius 3 is 1.58 bits per heavy atom. The van der Waals surface area contributed by atoms with Crippen molar-refractivity contribution in [2.45, 2.75) is 61.9 Å². The number of benzene rings is 2. The molecule has 0 atom stereocenters. The van der Waals surface area contributed by atoms with Gasteiger partial charge in [-0.15, -0.1) is 0 Å². The Kier molecular flexibility index (Phi) is 25.4. The fourth-order valence-corrected chi connectivity index (χ4v) is 5.85. The number of nitrogens with zero attached hydrogens (tertiary/aromatic N) is 3. The van der Waals surface area contributed by atoms with Crippen molar-refractivity contribution in [3.63, 3.8) is 0 Å². The van der Waals surface area contributed by atoms with Crippen LogP contribution in [0.15, 0.2) is 70.8 Å². The topological polar surface area (TPSA) is 183 Å². The number of rotatable bonds is 6. The Labute approximate surface area is 480 Å². The van der Waals surface area contributed by atoms with E-state index in [1.807, 2.05) is 0 Å². The molecule has 2 aromatic carbocycles. The summed E-state index contributed by atoms with van der Waals surface area (Å²) in [7, 11) is 0. The normalized spacial score (nSPS) is 10.6. The van der Waals surface area contributed by atoms with Crippen LogP contribution in [0.25, 0.3) is 44.1 Å². The molecule has 0 fully saturated rings. The van der Waals surface area contributed by atoms with Crippen LogP contribution in [0, 0.1) is 34.1 Å². The minimum atomic E-state index is -0.928. The van der Waals surface area contributed by atoms with Crippen LogP contribution in [0.1, 0.15) is 56.8 Å². The minimum Gasteiger partial charge on any atom is -1.00 e.